The molecule has 0 aliphatic carbocycles. The number of aliphatic imine (C=N–C) groups is 1. The molecular weight excluding hydrogens is 286 g/mol. The maximum atomic E-state index is 11.6. The van der Waals surface area contributed by atoms with Crippen LogP contribution in [-0.2, 0) is 9.59 Å². The highest BCUT2D eigenvalue weighted by Crippen LogP contribution is 2.39. The van der Waals surface area contributed by atoms with Crippen molar-refractivity contribution >= 4 is 17.7 Å². The fraction of sp³-hybridized carbons (Fsp3) is 0.267. The maximum Gasteiger partial charge on any atom is 0.334 e. The molecule has 0 saturated heterocycles. The number of rotatable bonds is 3. The van der Waals surface area contributed by atoms with Gasteiger partial charge in [-0.15, -0.1) is 0 Å². The summed E-state index contributed by atoms with van der Waals surface area (Å²) in [6.07, 6.45) is 1.40. The van der Waals surface area contributed by atoms with Gasteiger partial charge in [-0.2, -0.15) is 5.26 Å². The molecule has 2 heterocycles. The summed E-state index contributed by atoms with van der Waals surface area (Å²) < 4.78 is 0. The molecule has 22 heavy (non-hydrogen) atoms. The normalized spacial score (nSPS) is 21.0. The minimum atomic E-state index is -1.25. The Bertz CT molecular complexity index is 758. The number of carboxylic acids is 2. The number of carbonyl (C=O) groups is 2. The molecule has 0 aromatic carbocycles. The third kappa shape index (κ3) is 2.46. The van der Waals surface area contributed by atoms with E-state index in [2.05, 4.69) is 9.98 Å². The lowest BCUT2D eigenvalue weighted by molar-refractivity contribution is -0.140. The predicted molar refractivity (Wildman–Crippen MR) is 76.3 cm³/mol. The van der Waals surface area contributed by atoms with Crippen LogP contribution >= 0.6 is 0 Å². The quantitative estimate of drug-likeness (QED) is 0.873. The van der Waals surface area contributed by atoms with Crippen molar-refractivity contribution in [2.24, 2.45) is 10.9 Å². The van der Waals surface area contributed by atoms with Gasteiger partial charge >= 0.3 is 11.9 Å². The zero-order valence-corrected chi connectivity index (χ0v) is 11.9. The lowest BCUT2D eigenvalue weighted by atomic mass is 9.75. The van der Waals surface area contributed by atoms with Crippen LogP contribution in [0, 0.1) is 17.2 Å². The number of allylic oxidation sites excluding steroid dienone is 1. The van der Waals surface area contributed by atoms with Gasteiger partial charge in [-0.3, -0.25) is 9.79 Å². The lowest BCUT2D eigenvalue weighted by Gasteiger charge is -2.29. The summed E-state index contributed by atoms with van der Waals surface area (Å²) in [5.74, 6) is -4.59. The Morgan fingerprint density at radius 3 is 2.55 bits per heavy atom. The third-order valence-corrected chi connectivity index (χ3v) is 3.60. The Balaban J connectivity index is 2.76. The number of pyridine rings is 1. The van der Waals surface area contributed by atoms with Crippen molar-refractivity contribution in [2.45, 2.75) is 19.8 Å². The first-order valence-corrected chi connectivity index (χ1v) is 6.45. The van der Waals surface area contributed by atoms with Gasteiger partial charge in [0.2, 0.25) is 0 Å². The Hall–Kier alpha value is -3.01. The van der Waals surface area contributed by atoms with Gasteiger partial charge in [0, 0.05) is 23.5 Å². The summed E-state index contributed by atoms with van der Waals surface area (Å²) in [6.45, 7) is 3.05. The van der Waals surface area contributed by atoms with Crippen molar-refractivity contribution in [1.29, 1.82) is 5.26 Å². The molecule has 112 valence electrons. The topological polar surface area (TPSA) is 124 Å². The van der Waals surface area contributed by atoms with Crippen molar-refractivity contribution in [3.63, 3.8) is 0 Å². The third-order valence-electron chi connectivity index (χ3n) is 3.60. The number of hydrogen-bond donors (Lipinski definition) is 2. The number of aliphatic carboxylic acids is 2. The largest absolute Gasteiger partial charge is 0.481 e. The van der Waals surface area contributed by atoms with Gasteiger partial charge in [0.1, 0.15) is 17.7 Å². The van der Waals surface area contributed by atoms with E-state index in [-0.39, 0.29) is 22.5 Å². The molecule has 0 amide bonds. The highest BCUT2D eigenvalue weighted by molar-refractivity contribution is 6.06. The second-order valence-corrected chi connectivity index (χ2v) is 4.90. The zero-order chi connectivity index (χ0) is 16.4. The molecule has 2 rings (SSSR count). The molecule has 1 aliphatic heterocycles. The summed E-state index contributed by atoms with van der Waals surface area (Å²) in [4.78, 5) is 31.2. The van der Waals surface area contributed by atoms with Crippen molar-refractivity contribution in [1.82, 2.24) is 4.98 Å². The Kier molecular flexibility index (Phi) is 4.04. The summed E-state index contributed by atoms with van der Waals surface area (Å²) in [6, 6.07) is 4.96. The molecule has 0 bridgehead atoms. The number of nitrogens with zero attached hydrogens (tertiary/aromatic N) is 3. The molecule has 0 fully saturated rings. The van der Waals surface area contributed by atoms with Crippen LogP contribution in [0.5, 0.6) is 0 Å². The minimum Gasteiger partial charge on any atom is -0.481 e. The molecule has 7 heteroatoms. The smallest absolute Gasteiger partial charge is 0.334 e. The summed E-state index contributed by atoms with van der Waals surface area (Å²) in [5, 5.41) is 28.1. The van der Waals surface area contributed by atoms with Crippen LogP contribution in [-0.4, -0.2) is 32.8 Å². The highest BCUT2D eigenvalue weighted by atomic mass is 16.4. The summed E-state index contributed by atoms with van der Waals surface area (Å²) in [7, 11) is 0. The van der Waals surface area contributed by atoms with Crippen LogP contribution in [0.25, 0.3) is 0 Å². The summed E-state index contributed by atoms with van der Waals surface area (Å²) in [5.41, 5.74) is 0.707. The van der Waals surface area contributed by atoms with Crippen molar-refractivity contribution < 1.29 is 19.8 Å². The average molecular weight is 299 g/mol. The first kappa shape index (κ1) is 15.4. The van der Waals surface area contributed by atoms with Crippen LogP contribution in [0.3, 0.4) is 0 Å². The summed E-state index contributed by atoms with van der Waals surface area (Å²) >= 11 is 0. The minimum absolute atomic E-state index is 0.0139. The van der Waals surface area contributed by atoms with Gasteiger partial charge in [0.05, 0.1) is 5.57 Å². The van der Waals surface area contributed by atoms with Crippen LogP contribution < -0.4 is 0 Å². The predicted octanol–water partition coefficient (Wildman–Crippen LogP) is 1.57. The molecule has 2 unspecified atom stereocenters. The van der Waals surface area contributed by atoms with Crippen LogP contribution in [0.1, 0.15) is 31.0 Å². The second kappa shape index (κ2) is 5.77. The number of carboxylic acid groups (broad SMARTS) is 2. The van der Waals surface area contributed by atoms with Gasteiger partial charge < -0.3 is 10.2 Å². The Morgan fingerprint density at radius 2 is 2.00 bits per heavy atom. The Labute approximate surface area is 126 Å². The Morgan fingerprint density at radius 1 is 1.32 bits per heavy atom. The molecule has 1 aliphatic rings. The van der Waals surface area contributed by atoms with Crippen molar-refractivity contribution in [3.05, 3.63) is 40.9 Å². The van der Waals surface area contributed by atoms with Crippen molar-refractivity contribution in [2.75, 3.05) is 0 Å². The van der Waals surface area contributed by atoms with E-state index in [0.717, 1.165) is 0 Å². The number of aromatic nitrogens is 1. The highest BCUT2D eigenvalue weighted by Gasteiger charge is 2.42. The second-order valence-electron chi connectivity index (χ2n) is 4.90. The first-order valence-electron chi connectivity index (χ1n) is 6.45. The first-order chi connectivity index (χ1) is 10.4. The fourth-order valence-corrected chi connectivity index (χ4v) is 2.73. The van der Waals surface area contributed by atoms with Gasteiger partial charge in [0.15, 0.2) is 0 Å². The van der Waals surface area contributed by atoms with E-state index in [9.17, 15) is 25.1 Å². The molecule has 0 radical (unpaired) electrons. The van der Waals surface area contributed by atoms with Gasteiger partial charge in [-0.1, -0.05) is 6.07 Å². The standard InChI is InChI=1S/C15H13N3O4/c1-7-11(14(19)20)13(12(15(21)22)8(2)18-7)9-4-3-5-17-10(9)6-16/h3-5,11,13H,1-2H3,(H,19,20)(H,21,22). The molecule has 1 aromatic heterocycles. The molecule has 0 saturated carbocycles. The zero-order valence-electron chi connectivity index (χ0n) is 11.9. The van der Waals surface area contributed by atoms with E-state index >= 15 is 0 Å². The van der Waals surface area contributed by atoms with E-state index in [1.54, 1.807) is 6.07 Å². The molecular formula is C15H13N3O4. The molecule has 2 N–H and O–H groups in total. The van der Waals surface area contributed by atoms with Crippen LogP contribution in [0.4, 0.5) is 0 Å². The van der Waals surface area contributed by atoms with Crippen LogP contribution in [0.15, 0.2) is 34.6 Å². The fourth-order valence-electron chi connectivity index (χ4n) is 2.73. The van der Waals surface area contributed by atoms with E-state index in [0.29, 0.717) is 5.71 Å². The van der Waals surface area contributed by atoms with Gasteiger partial charge in [-0.05, 0) is 25.5 Å². The molecule has 2 atom stereocenters. The molecule has 0 spiro atoms. The van der Waals surface area contributed by atoms with E-state index in [1.807, 2.05) is 6.07 Å². The number of nitriles is 1. The van der Waals surface area contributed by atoms with E-state index < -0.39 is 23.8 Å². The average Bonchev–Trinajstić information content (AvgIpc) is 2.45. The molecule has 7 nitrogen and oxygen atoms in total. The monoisotopic (exact) mass is 299 g/mol. The lowest BCUT2D eigenvalue weighted by Crippen LogP contribution is -2.35. The molecule has 1 aromatic rings. The van der Waals surface area contributed by atoms with Crippen molar-refractivity contribution in [3.8, 4) is 6.07 Å². The van der Waals surface area contributed by atoms with Gasteiger partial charge in [-0.25, -0.2) is 9.78 Å². The van der Waals surface area contributed by atoms with Crippen LogP contribution in [0.2, 0.25) is 0 Å². The van der Waals surface area contributed by atoms with E-state index in [1.165, 1.54) is 26.1 Å². The van der Waals surface area contributed by atoms with Gasteiger partial charge in [0.25, 0.3) is 0 Å². The SMILES string of the molecule is CC1=NC(C)=C(C(=O)O)C(c2cccnc2C#N)C1C(=O)O. The van der Waals surface area contributed by atoms with E-state index in [4.69, 9.17) is 0 Å². The number of hydrogen-bond acceptors (Lipinski definition) is 5. The maximum absolute atomic E-state index is 11.6.